The molecule has 8 nitrogen and oxygen atoms in total. The van der Waals surface area contributed by atoms with Gasteiger partial charge in [-0.15, -0.1) is 0 Å². The molecule has 0 unspecified atom stereocenters. The molecule has 1 aliphatic heterocycles. The number of hydrogen-bond donors (Lipinski definition) is 3. The zero-order valence-electron chi connectivity index (χ0n) is 13.9. The summed E-state index contributed by atoms with van der Waals surface area (Å²) < 4.78 is 13.8. The van der Waals surface area contributed by atoms with Crippen LogP contribution in [0.25, 0.3) is 0 Å². The molecule has 0 spiro atoms. The minimum absolute atomic E-state index is 0.0232. The van der Waals surface area contributed by atoms with Gasteiger partial charge in [-0.25, -0.2) is 9.18 Å². The summed E-state index contributed by atoms with van der Waals surface area (Å²) in [5, 5.41) is 18.5. The first-order chi connectivity index (χ1) is 12.9. The van der Waals surface area contributed by atoms with Crippen LogP contribution in [0.1, 0.15) is 11.6 Å². The SMILES string of the molecule is C=C1NC(=O)N[C@H](c2cccc([N+](=O)[O-])c2)[C@H]1C(=O)Nc1ccccc1F. The third-order valence-corrected chi connectivity index (χ3v) is 4.12. The van der Waals surface area contributed by atoms with Crippen LogP contribution >= 0.6 is 0 Å². The number of hydrogen-bond acceptors (Lipinski definition) is 4. The Labute approximate surface area is 153 Å². The maximum Gasteiger partial charge on any atom is 0.319 e. The fourth-order valence-electron chi connectivity index (χ4n) is 2.88. The van der Waals surface area contributed by atoms with Crippen LogP contribution in [0.15, 0.2) is 60.8 Å². The van der Waals surface area contributed by atoms with E-state index in [1.54, 1.807) is 12.1 Å². The van der Waals surface area contributed by atoms with Crippen LogP contribution in [0, 0.1) is 21.8 Å². The second kappa shape index (κ2) is 7.24. The van der Waals surface area contributed by atoms with Crippen molar-refractivity contribution >= 4 is 23.3 Å². The molecule has 0 aliphatic carbocycles. The van der Waals surface area contributed by atoms with Crippen LogP contribution in [-0.4, -0.2) is 16.9 Å². The Balaban J connectivity index is 1.95. The standard InChI is InChI=1S/C18H15FN4O4/c1-10-15(17(24)21-14-8-3-2-7-13(14)19)16(22-18(25)20-10)11-5-4-6-12(9-11)23(26)27/h2-9,15-16H,1H2,(H,21,24)(H2,20,22,25)/t15-,16+/m0/s1. The van der Waals surface area contributed by atoms with Crippen LogP contribution in [0.3, 0.4) is 0 Å². The van der Waals surface area contributed by atoms with E-state index >= 15 is 0 Å². The van der Waals surface area contributed by atoms with E-state index in [0.29, 0.717) is 5.56 Å². The smallest absolute Gasteiger partial charge is 0.319 e. The van der Waals surface area contributed by atoms with Crippen molar-refractivity contribution in [3.63, 3.8) is 0 Å². The van der Waals surface area contributed by atoms with Gasteiger partial charge < -0.3 is 16.0 Å². The predicted molar refractivity (Wildman–Crippen MR) is 95.2 cm³/mol. The van der Waals surface area contributed by atoms with Gasteiger partial charge in [0, 0.05) is 17.8 Å². The number of benzene rings is 2. The zero-order chi connectivity index (χ0) is 19.6. The summed E-state index contributed by atoms with van der Waals surface area (Å²) >= 11 is 0. The second-order valence-corrected chi connectivity index (χ2v) is 5.90. The highest BCUT2D eigenvalue weighted by molar-refractivity contribution is 5.97. The number of halogens is 1. The molecule has 2 aromatic rings. The van der Waals surface area contributed by atoms with Gasteiger partial charge in [-0.2, -0.15) is 0 Å². The highest BCUT2D eigenvalue weighted by Crippen LogP contribution is 2.32. The molecular formula is C18H15FN4O4. The number of carbonyl (C=O) groups is 2. The van der Waals surface area contributed by atoms with Crippen LogP contribution in [0.2, 0.25) is 0 Å². The Kier molecular flexibility index (Phi) is 4.84. The predicted octanol–water partition coefficient (Wildman–Crippen LogP) is 2.86. The minimum Gasteiger partial charge on any atom is -0.330 e. The average Bonchev–Trinajstić information content (AvgIpc) is 2.63. The number of nitrogens with zero attached hydrogens (tertiary/aromatic N) is 1. The van der Waals surface area contributed by atoms with Gasteiger partial charge in [-0.3, -0.25) is 14.9 Å². The third kappa shape index (κ3) is 3.76. The molecule has 27 heavy (non-hydrogen) atoms. The number of amides is 3. The number of non-ortho nitro benzene ring substituents is 1. The third-order valence-electron chi connectivity index (χ3n) is 4.12. The molecule has 1 fully saturated rings. The molecule has 1 aliphatic rings. The molecule has 9 heteroatoms. The summed E-state index contributed by atoms with van der Waals surface area (Å²) in [6, 6.07) is 9.73. The van der Waals surface area contributed by atoms with Gasteiger partial charge in [0.2, 0.25) is 5.91 Å². The fraction of sp³-hybridized carbons (Fsp3) is 0.111. The van der Waals surface area contributed by atoms with E-state index in [-0.39, 0.29) is 17.1 Å². The lowest BCUT2D eigenvalue weighted by Gasteiger charge is -2.33. The van der Waals surface area contributed by atoms with Crippen LogP contribution in [0.4, 0.5) is 20.6 Å². The van der Waals surface area contributed by atoms with Crippen molar-refractivity contribution in [3.8, 4) is 0 Å². The van der Waals surface area contributed by atoms with E-state index in [1.165, 1.54) is 36.4 Å². The number of nitro groups is 1. The lowest BCUT2D eigenvalue weighted by molar-refractivity contribution is -0.384. The van der Waals surface area contributed by atoms with Gasteiger partial charge in [0.1, 0.15) is 11.7 Å². The highest BCUT2D eigenvalue weighted by Gasteiger charge is 2.38. The molecule has 1 heterocycles. The molecule has 3 amide bonds. The summed E-state index contributed by atoms with van der Waals surface area (Å²) in [4.78, 5) is 35.1. The summed E-state index contributed by atoms with van der Waals surface area (Å²) in [5.41, 5.74) is 0.252. The molecule has 0 bridgehead atoms. The molecule has 3 rings (SSSR count). The zero-order valence-corrected chi connectivity index (χ0v) is 13.9. The van der Waals surface area contributed by atoms with Gasteiger partial charge in [-0.1, -0.05) is 30.8 Å². The molecule has 0 aromatic heterocycles. The van der Waals surface area contributed by atoms with Crippen molar-refractivity contribution in [2.75, 3.05) is 5.32 Å². The number of rotatable bonds is 4. The first-order valence-corrected chi connectivity index (χ1v) is 7.93. The number of nitro benzene ring substituents is 1. The number of urea groups is 1. The summed E-state index contributed by atoms with van der Waals surface area (Å²) in [6.07, 6.45) is 0. The molecule has 0 saturated carbocycles. The van der Waals surface area contributed by atoms with Gasteiger partial charge in [0.05, 0.1) is 16.7 Å². The lowest BCUT2D eigenvalue weighted by atomic mass is 9.88. The van der Waals surface area contributed by atoms with Gasteiger partial charge >= 0.3 is 6.03 Å². The second-order valence-electron chi connectivity index (χ2n) is 5.90. The molecule has 2 aromatic carbocycles. The number of anilines is 1. The molecule has 0 radical (unpaired) electrons. The number of para-hydroxylation sites is 1. The summed E-state index contributed by atoms with van der Waals surface area (Å²) in [7, 11) is 0. The quantitative estimate of drug-likeness (QED) is 0.567. The van der Waals surface area contributed by atoms with E-state index in [2.05, 4.69) is 22.5 Å². The number of carbonyl (C=O) groups excluding carboxylic acids is 2. The van der Waals surface area contributed by atoms with Crippen molar-refractivity contribution in [3.05, 3.63) is 82.3 Å². The Morgan fingerprint density at radius 1 is 1.22 bits per heavy atom. The summed E-state index contributed by atoms with van der Waals surface area (Å²) in [5.74, 6) is -2.24. The largest absolute Gasteiger partial charge is 0.330 e. The lowest BCUT2D eigenvalue weighted by Crippen LogP contribution is -2.51. The summed E-state index contributed by atoms with van der Waals surface area (Å²) in [6.45, 7) is 3.70. The minimum atomic E-state index is -1.01. The van der Waals surface area contributed by atoms with Crippen molar-refractivity contribution < 1.29 is 18.9 Å². The van der Waals surface area contributed by atoms with E-state index < -0.39 is 34.6 Å². The average molecular weight is 370 g/mol. The molecule has 1 saturated heterocycles. The maximum absolute atomic E-state index is 13.8. The van der Waals surface area contributed by atoms with Crippen LogP contribution in [-0.2, 0) is 4.79 Å². The molecule has 2 atom stereocenters. The monoisotopic (exact) mass is 370 g/mol. The van der Waals surface area contributed by atoms with E-state index in [4.69, 9.17) is 0 Å². The fourth-order valence-corrected chi connectivity index (χ4v) is 2.88. The molecular weight excluding hydrogens is 355 g/mol. The first kappa shape index (κ1) is 18.1. The number of nitrogens with one attached hydrogen (secondary N) is 3. The van der Waals surface area contributed by atoms with Crippen molar-refractivity contribution in [1.29, 1.82) is 0 Å². The normalized spacial score (nSPS) is 19.0. The topological polar surface area (TPSA) is 113 Å². The van der Waals surface area contributed by atoms with Crippen molar-refractivity contribution in [2.45, 2.75) is 6.04 Å². The van der Waals surface area contributed by atoms with Crippen molar-refractivity contribution in [1.82, 2.24) is 10.6 Å². The van der Waals surface area contributed by atoms with Crippen LogP contribution in [0.5, 0.6) is 0 Å². The maximum atomic E-state index is 13.8. The van der Waals surface area contributed by atoms with E-state index in [9.17, 15) is 24.1 Å². The molecule has 3 N–H and O–H groups in total. The van der Waals surface area contributed by atoms with Crippen molar-refractivity contribution in [2.24, 2.45) is 5.92 Å². The Morgan fingerprint density at radius 3 is 2.67 bits per heavy atom. The van der Waals surface area contributed by atoms with E-state index in [1.807, 2.05) is 0 Å². The Morgan fingerprint density at radius 2 is 1.96 bits per heavy atom. The van der Waals surface area contributed by atoms with Gasteiger partial charge in [-0.05, 0) is 17.7 Å². The molecule has 138 valence electrons. The van der Waals surface area contributed by atoms with Gasteiger partial charge in [0.25, 0.3) is 5.69 Å². The first-order valence-electron chi connectivity index (χ1n) is 7.93. The van der Waals surface area contributed by atoms with Crippen LogP contribution < -0.4 is 16.0 Å². The Hall–Kier alpha value is -3.75. The Bertz CT molecular complexity index is 946. The van der Waals surface area contributed by atoms with E-state index in [0.717, 1.165) is 0 Å². The van der Waals surface area contributed by atoms with Gasteiger partial charge in [0.15, 0.2) is 0 Å². The highest BCUT2D eigenvalue weighted by atomic mass is 19.1.